The summed E-state index contributed by atoms with van der Waals surface area (Å²) in [5.74, 6) is -0.737. The van der Waals surface area contributed by atoms with E-state index in [4.69, 9.17) is 34.0 Å². The second-order valence-electron chi connectivity index (χ2n) is 8.45. The molecule has 2 aromatic carbocycles. The molecule has 1 saturated heterocycles. The number of carbonyl (C=O) groups excluding carboxylic acids is 1. The Balaban J connectivity index is 0.000000207. The topological polar surface area (TPSA) is 86.9 Å². The van der Waals surface area contributed by atoms with E-state index in [-0.39, 0.29) is 17.7 Å². The predicted molar refractivity (Wildman–Crippen MR) is 128 cm³/mol. The SMILES string of the molecule is CC(=O)N1CCC(C(=O)O)CC1.CN1Cc2c(Cl)cc(Cl)cc2C(c2ccccc2N)C1. The molecule has 0 bridgehead atoms. The molecule has 0 saturated carbocycles. The highest BCUT2D eigenvalue weighted by molar-refractivity contribution is 6.35. The van der Waals surface area contributed by atoms with Gasteiger partial charge in [-0.2, -0.15) is 0 Å². The van der Waals surface area contributed by atoms with Gasteiger partial charge >= 0.3 is 5.97 Å². The number of benzene rings is 2. The highest BCUT2D eigenvalue weighted by Crippen LogP contribution is 2.39. The third kappa shape index (κ3) is 5.74. The maximum absolute atomic E-state index is 10.9. The summed E-state index contributed by atoms with van der Waals surface area (Å²) in [6.45, 7) is 4.45. The molecule has 2 heterocycles. The molecule has 2 aromatic rings. The minimum absolute atomic E-state index is 0.0406. The molecule has 0 aliphatic carbocycles. The van der Waals surface area contributed by atoms with Crippen molar-refractivity contribution in [3.8, 4) is 0 Å². The largest absolute Gasteiger partial charge is 0.481 e. The van der Waals surface area contributed by atoms with Crippen LogP contribution in [0.15, 0.2) is 36.4 Å². The summed E-state index contributed by atoms with van der Waals surface area (Å²) < 4.78 is 0. The standard InChI is InChI=1S/C16H16Cl2N2.C8H13NO3/c1-20-8-13(11-4-2-3-5-16(11)19)12-6-10(17)7-15(18)14(12)9-20;1-6(10)9-4-2-7(3-5-9)8(11)12/h2-7,13H,8-9,19H2,1H3;7H,2-5H2,1H3,(H,11,12). The zero-order chi connectivity index (χ0) is 23.4. The monoisotopic (exact) mass is 477 g/mol. The van der Waals surface area contributed by atoms with Gasteiger partial charge in [0.25, 0.3) is 0 Å². The number of nitrogen functional groups attached to an aromatic ring is 1. The van der Waals surface area contributed by atoms with Crippen molar-refractivity contribution >= 4 is 40.8 Å². The van der Waals surface area contributed by atoms with Crippen LogP contribution in [0.2, 0.25) is 10.0 Å². The molecule has 1 fully saturated rings. The lowest BCUT2D eigenvalue weighted by molar-refractivity contribution is -0.145. The second kappa shape index (κ2) is 10.6. The molecule has 0 radical (unpaired) electrons. The highest BCUT2D eigenvalue weighted by atomic mass is 35.5. The molecule has 4 rings (SSSR count). The van der Waals surface area contributed by atoms with Crippen LogP contribution >= 0.6 is 23.2 Å². The quantitative estimate of drug-likeness (QED) is 0.622. The first kappa shape index (κ1) is 24.4. The number of carbonyl (C=O) groups is 2. The molecule has 3 N–H and O–H groups in total. The highest BCUT2D eigenvalue weighted by Gasteiger charge is 2.28. The normalized spacial score (nSPS) is 19.0. The second-order valence-corrected chi connectivity index (χ2v) is 9.30. The third-order valence-corrected chi connectivity index (χ3v) is 6.71. The molecule has 6 nitrogen and oxygen atoms in total. The van der Waals surface area contributed by atoms with Gasteiger partial charge in [-0.15, -0.1) is 0 Å². The van der Waals surface area contributed by atoms with Crippen LogP contribution in [-0.4, -0.2) is 53.5 Å². The number of hydrogen-bond donors (Lipinski definition) is 2. The van der Waals surface area contributed by atoms with Crippen molar-refractivity contribution in [1.29, 1.82) is 0 Å². The molecule has 1 unspecified atom stereocenters. The molecule has 8 heteroatoms. The molecule has 0 aromatic heterocycles. The number of para-hydroxylation sites is 1. The summed E-state index contributed by atoms with van der Waals surface area (Å²) in [5.41, 5.74) is 10.4. The number of rotatable bonds is 2. The fraction of sp³-hybridized carbons (Fsp3) is 0.417. The smallest absolute Gasteiger partial charge is 0.306 e. The number of nitrogens with two attached hydrogens (primary N) is 1. The summed E-state index contributed by atoms with van der Waals surface area (Å²) in [6, 6.07) is 11.8. The summed E-state index contributed by atoms with van der Waals surface area (Å²) in [5, 5.41) is 10.1. The minimum Gasteiger partial charge on any atom is -0.481 e. The molecule has 172 valence electrons. The first-order chi connectivity index (χ1) is 15.2. The maximum Gasteiger partial charge on any atom is 0.306 e. The molecule has 2 aliphatic rings. The fourth-order valence-electron chi connectivity index (χ4n) is 4.38. The zero-order valence-electron chi connectivity index (χ0n) is 18.4. The van der Waals surface area contributed by atoms with Crippen LogP contribution < -0.4 is 5.73 Å². The predicted octanol–water partition coefficient (Wildman–Crippen LogP) is 4.48. The van der Waals surface area contributed by atoms with E-state index in [9.17, 15) is 9.59 Å². The number of halogens is 2. The minimum atomic E-state index is -0.738. The first-order valence-corrected chi connectivity index (χ1v) is 11.4. The number of piperidine rings is 1. The lowest BCUT2D eigenvalue weighted by Crippen LogP contribution is -2.38. The van der Waals surface area contributed by atoms with Gasteiger partial charge in [-0.1, -0.05) is 41.4 Å². The number of likely N-dealkylation sites (tertiary alicyclic amines) is 1. The lowest BCUT2D eigenvalue weighted by atomic mass is 9.84. The fourth-order valence-corrected chi connectivity index (χ4v) is 4.95. The molecule has 32 heavy (non-hydrogen) atoms. The van der Waals surface area contributed by atoms with Crippen molar-refractivity contribution in [3.63, 3.8) is 0 Å². The van der Waals surface area contributed by atoms with Crippen molar-refractivity contribution < 1.29 is 14.7 Å². The van der Waals surface area contributed by atoms with Gasteiger partial charge in [0.2, 0.25) is 5.91 Å². The number of nitrogens with zero attached hydrogens (tertiary/aromatic N) is 2. The summed E-state index contributed by atoms with van der Waals surface area (Å²) in [6.07, 6.45) is 1.18. The van der Waals surface area contributed by atoms with Crippen LogP contribution in [0.5, 0.6) is 0 Å². The first-order valence-electron chi connectivity index (χ1n) is 10.7. The van der Waals surface area contributed by atoms with Crippen LogP contribution in [0.1, 0.15) is 42.4 Å². The molecule has 0 spiro atoms. The van der Waals surface area contributed by atoms with E-state index in [1.54, 1.807) is 4.90 Å². The van der Waals surface area contributed by atoms with Gasteiger partial charge in [0.05, 0.1) is 5.92 Å². The van der Waals surface area contributed by atoms with Crippen LogP contribution in [0, 0.1) is 5.92 Å². The van der Waals surface area contributed by atoms with Gasteiger partial charge in [0, 0.05) is 54.8 Å². The van der Waals surface area contributed by atoms with Crippen LogP contribution in [0.4, 0.5) is 5.69 Å². The number of anilines is 1. The van der Waals surface area contributed by atoms with Gasteiger partial charge in [0.15, 0.2) is 0 Å². The number of hydrogen-bond acceptors (Lipinski definition) is 4. The van der Waals surface area contributed by atoms with E-state index < -0.39 is 5.97 Å². The zero-order valence-corrected chi connectivity index (χ0v) is 19.9. The molecular weight excluding hydrogens is 449 g/mol. The number of fused-ring (bicyclic) bond motifs is 1. The van der Waals surface area contributed by atoms with Gasteiger partial charge in [0.1, 0.15) is 0 Å². The molecule has 1 atom stereocenters. The van der Waals surface area contributed by atoms with Gasteiger partial charge < -0.3 is 20.6 Å². The van der Waals surface area contributed by atoms with Crippen LogP contribution in [0.25, 0.3) is 0 Å². The Labute approximate surface area is 198 Å². The van der Waals surface area contributed by atoms with Crippen molar-refractivity contribution in [2.45, 2.75) is 32.2 Å². The molecule has 2 aliphatic heterocycles. The van der Waals surface area contributed by atoms with Gasteiger partial charge in [-0.25, -0.2) is 0 Å². The Bertz CT molecular complexity index is 968. The molecule has 1 amide bonds. The number of amides is 1. The van der Waals surface area contributed by atoms with Gasteiger partial charge in [-0.3, -0.25) is 9.59 Å². The summed E-state index contributed by atoms with van der Waals surface area (Å²) >= 11 is 12.5. The van der Waals surface area contributed by atoms with Gasteiger partial charge in [-0.05, 0) is 54.8 Å². The van der Waals surface area contributed by atoms with Crippen LogP contribution in [0.3, 0.4) is 0 Å². The Hall–Kier alpha value is -2.28. The number of likely N-dealkylation sites (N-methyl/N-ethyl adjacent to an activating group) is 1. The summed E-state index contributed by atoms with van der Waals surface area (Å²) in [7, 11) is 2.10. The van der Waals surface area contributed by atoms with Crippen molar-refractivity contribution in [1.82, 2.24) is 9.80 Å². The average molecular weight is 478 g/mol. The van der Waals surface area contributed by atoms with E-state index in [1.807, 2.05) is 30.3 Å². The summed E-state index contributed by atoms with van der Waals surface area (Å²) in [4.78, 5) is 25.3. The number of carboxylic acid groups (broad SMARTS) is 1. The Morgan fingerprint density at radius 2 is 1.75 bits per heavy atom. The Kier molecular flexibility index (Phi) is 8.04. The average Bonchev–Trinajstić information content (AvgIpc) is 2.75. The number of carboxylic acids is 1. The van der Waals surface area contributed by atoms with E-state index in [0.717, 1.165) is 34.9 Å². The Morgan fingerprint density at radius 3 is 2.34 bits per heavy atom. The van der Waals surface area contributed by atoms with E-state index in [2.05, 4.69) is 18.0 Å². The number of aliphatic carboxylic acids is 1. The van der Waals surface area contributed by atoms with Crippen LogP contribution in [-0.2, 0) is 16.1 Å². The maximum atomic E-state index is 10.9. The van der Waals surface area contributed by atoms with Crippen molar-refractivity contribution in [2.75, 3.05) is 32.4 Å². The third-order valence-electron chi connectivity index (χ3n) is 6.15. The molecular formula is C24H29Cl2N3O3. The van der Waals surface area contributed by atoms with E-state index in [1.165, 1.54) is 12.5 Å². The van der Waals surface area contributed by atoms with Crippen molar-refractivity contribution in [3.05, 3.63) is 63.1 Å². The Morgan fingerprint density at radius 1 is 1.09 bits per heavy atom. The lowest BCUT2D eigenvalue weighted by Gasteiger charge is -2.33. The van der Waals surface area contributed by atoms with E-state index >= 15 is 0 Å². The van der Waals surface area contributed by atoms with Crippen molar-refractivity contribution in [2.24, 2.45) is 5.92 Å². The van der Waals surface area contributed by atoms with E-state index in [0.29, 0.717) is 31.0 Å².